The summed E-state index contributed by atoms with van der Waals surface area (Å²) in [6.45, 7) is 2.64. The summed E-state index contributed by atoms with van der Waals surface area (Å²) in [6, 6.07) is 4.25. The number of hydrogen-bond donors (Lipinski definition) is 2. The summed E-state index contributed by atoms with van der Waals surface area (Å²) in [7, 11) is -0.812. The van der Waals surface area contributed by atoms with Gasteiger partial charge in [-0.25, -0.2) is 13.1 Å². The summed E-state index contributed by atoms with van der Waals surface area (Å²) in [5, 5.41) is 2.63. The Morgan fingerprint density at radius 3 is 2.57 bits per heavy atom. The first kappa shape index (κ1) is 17.4. The van der Waals surface area contributed by atoms with E-state index in [9.17, 15) is 13.2 Å². The van der Waals surface area contributed by atoms with E-state index in [-0.39, 0.29) is 28.7 Å². The summed E-state index contributed by atoms with van der Waals surface area (Å²) < 4.78 is 36.5. The minimum absolute atomic E-state index is 0.0637. The predicted molar refractivity (Wildman–Crippen MR) is 78.1 cm³/mol. The van der Waals surface area contributed by atoms with E-state index in [0.717, 1.165) is 0 Å². The van der Waals surface area contributed by atoms with Crippen molar-refractivity contribution in [1.29, 1.82) is 0 Å². The highest BCUT2D eigenvalue weighted by molar-refractivity contribution is 7.89. The molecule has 0 aliphatic carbocycles. The lowest BCUT2D eigenvalue weighted by Gasteiger charge is -2.12. The zero-order valence-corrected chi connectivity index (χ0v) is 13.1. The number of benzene rings is 1. The van der Waals surface area contributed by atoms with Crippen LogP contribution in [-0.2, 0) is 14.8 Å². The topological polar surface area (TPSA) is 93.7 Å². The molecule has 1 rings (SSSR count). The lowest BCUT2D eigenvalue weighted by atomic mass is 10.2. The average Bonchev–Trinajstić information content (AvgIpc) is 2.46. The van der Waals surface area contributed by atoms with Crippen LogP contribution in [0.5, 0.6) is 5.75 Å². The van der Waals surface area contributed by atoms with Gasteiger partial charge in [-0.05, 0) is 18.2 Å². The standard InChI is InChI=1S/C13H20N2O5S/c1-4-15-21(17,18)12-9-10(5-6-11(12)20-3)13(16)14-7-8-19-2/h5-6,9,15H,4,7-8H2,1-3H3,(H,14,16). The number of carbonyl (C=O) groups excluding carboxylic acids is 1. The number of nitrogens with one attached hydrogen (secondary N) is 2. The highest BCUT2D eigenvalue weighted by Gasteiger charge is 2.20. The lowest BCUT2D eigenvalue weighted by Crippen LogP contribution is -2.28. The van der Waals surface area contributed by atoms with Crippen LogP contribution in [0.3, 0.4) is 0 Å². The fraction of sp³-hybridized carbons (Fsp3) is 0.462. The molecule has 0 spiro atoms. The first-order chi connectivity index (χ1) is 9.96. The summed E-state index contributed by atoms with van der Waals surface area (Å²) >= 11 is 0. The SMILES string of the molecule is CCNS(=O)(=O)c1cc(C(=O)NCCOC)ccc1OC. The molecular formula is C13H20N2O5S. The van der Waals surface area contributed by atoms with E-state index >= 15 is 0 Å². The molecular weight excluding hydrogens is 296 g/mol. The van der Waals surface area contributed by atoms with Gasteiger partial charge >= 0.3 is 0 Å². The molecule has 7 nitrogen and oxygen atoms in total. The molecule has 0 aromatic heterocycles. The van der Waals surface area contributed by atoms with E-state index in [0.29, 0.717) is 13.2 Å². The number of ether oxygens (including phenoxy) is 2. The van der Waals surface area contributed by atoms with Crippen LogP contribution in [-0.4, -0.2) is 48.2 Å². The molecule has 0 saturated heterocycles. The van der Waals surface area contributed by atoms with Crippen molar-refractivity contribution < 1.29 is 22.7 Å². The zero-order chi connectivity index (χ0) is 15.9. The van der Waals surface area contributed by atoms with Crippen LogP contribution in [0.1, 0.15) is 17.3 Å². The highest BCUT2D eigenvalue weighted by atomic mass is 32.2. The molecule has 0 saturated carbocycles. The van der Waals surface area contributed by atoms with E-state index in [2.05, 4.69) is 10.0 Å². The second-order valence-electron chi connectivity index (χ2n) is 4.12. The molecule has 21 heavy (non-hydrogen) atoms. The maximum atomic E-state index is 12.1. The molecule has 0 fully saturated rings. The second-order valence-corrected chi connectivity index (χ2v) is 5.85. The van der Waals surface area contributed by atoms with Crippen LogP contribution in [0.2, 0.25) is 0 Å². The highest BCUT2D eigenvalue weighted by Crippen LogP contribution is 2.24. The first-order valence-electron chi connectivity index (χ1n) is 6.41. The van der Waals surface area contributed by atoms with Gasteiger partial charge in [0.25, 0.3) is 5.91 Å². The molecule has 2 N–H and O–H groups in total. The van der Waals surface area contributed by atoms with Crippen LogP contribution >= 0.6 is 0 Å². The minimum atomic E-state index is -3.71. The van der Waals surface area contributed by atoms with Crippen LogP contribution in [0.15, 0.2) is 23.1 Å². The van der Waals surface area contributed by atoms with Gasteiger partial charge in [-0.2, -0.15) is 0 Å². The summed E-state index contributed by atoms with van der Waals surface area (Å²) in [5.74, 6) is -0.188. The molecule has 1 aromatic rings. The Kier molecular flexibility index (Phi) is 6.60. The van der Waals surface area contributed by atoms with Crippen LogP contribution in [0, 0.1) is 0 Å². The van der Waals surface area contributed by atoms with Gasteiger partial charge < -0.3 is 14.8 Å². The molecule has 0 radical (unpaired) electrons. The number of methoxy groups -OCH3 is 2. The molecule has 0 unspecified atom stereocenters. The van der Waals surface area contributed by atoms with Crippen molar-refractivity contribution in [2.75, 3.05) is 33.9 Å². The van der Waals surface area contributed by atoms with Gasteiger partial charge in [0.1, 0.15) is 10.6 Å². The molecule has 8 heteroatoms. The van der Waals surface area contributed by atoms with Gasteiger partial charge in [0.05, 0.1) is 13.7 Å². The Bertz CT molecular complexity index is 586. The van der Waals surface area contributed by atoms with Gasteiger partial charge in [-0.1, -0.05) is 6.92 Å². The summed E-state index contributed by atoms with van der Waals surface area (Å²) in [5.41, 5.74) is 0.239. The van der Waals surface area contributed by atoms with Crippen LogP contribution < -0.4 is 14.8 Å². The Morgan fingerprint density at radius 1 is 1.29 bits per heavy atom. The van der Waals surface area contributed by atoms with Crippen molar-refractivity contribution >= 4 is 15.9 Å². The van der Waals surface area contributed by atoms with Gasteiger partial charge in [0.15, 0.2) is 0 Å². The van der Waals surface area contributed by atoms with Crippen molar-refractivity contribution in [1.82, 2.24) is 10.0 Å². The summed E-state index contributed by atoms with van der Waals surface area (Å²) in [6.07, 6.45) is 0. The number of rotatable bonds is 8. The summed E-state index contributed by atoms with van der Waals surface area (Å²) in [4.78, 5) is 11.9. The third-order valence-corrected chi connectivity index (χ3v) is 4.21. The third-order valence-electron chi connectivity index (χ3n) is 2.64. The van der Waals surface area contributed by atoms with Crippen LogP contribution in [0.25, 0.3) is 0 Å². The Balaban J connectivity index is 3.08. The average molecular weight is 316 g/mol. The van der Waals surface area contributed by atoms with E-state index in [4.69, 9.17) is 9.47 Å². The lowest BCUT2D eigenvalue weighted by molar-refractivity contribution is 0.0937. The third kappa shape index (κ3) is 4.69. The number of hydrogen-bond acceptors (Lipinski definition) is 5. The minimum Gasteiger partial charge on any atom is -0.495 e. The fourth-order valence-electron chi connectivity index (χ4n) is 1.66. The van der Waals surface area contributed by atoms with Crippen molar-refractivity contribution in [3.8, 4) is 5.75 Å². The molecule has 0 heterocycles. The maximum Gasteiger partial charge on any atom is 0.251 e. The number of carbonyl (C=O) groups is 1. The fourth-order valence-corrected chi connectivity index (χ4v) is 2.90. The van der Waals surface area contributed by atoms with E-state index in [1.165, 1.54) is 32.4 Å². The largest absolute Gasteiger partial charge is 0.495 e. The number of amides is 1. The number of sulfonamides is 1. The van der Waals surface area contributed by atoms with Gasteiger partial charge in [-0.15, -0.1) is 0 Å². The zero-order valence-electron chi connectivity index (χ0n) is 12.3. The van der Waals surface area contributed by atoms with Crippen molar-refractivity contribution in [2.24, 2.45) is 0 Å². The predicted octanol–water partition coefficient (Wildman–Crippen LogP) is 0.370. The maximum absolute atomic E-state index is 12.1. The molecule has 0 atom stereocenters. The van der Waals surface area contributed by atoms with E-state index in [1.54, 1.807) is 6.92 Å². The van der Waals surface area contributed by atoms with E-state index < -0.39 is 10.0 Å². The van der Waals surface area contributed by atoms with Gasteiger partial charge in [0, 0.05) is 25.8 Å². The van der Waals surface area contributed by atoms with E-state index in [1.807, 2.05) is 0 Å². The Morgan fingerprint density at radius 2 is 2.00 bits per heavy atom. The smallest absolute Gasteiger partial charge is 0.251 e. The first-order valence-corrected chi connectivity index (χ1v) is 7.89. The van der Waals surface area contributed by atoms with Crippen molar-refractivity contribution in [3.63, 3.8) is 0 Å². The molecule has 0 aliphatic rings. The molecule has 1 amide bonds. The second kappa shape index (κ2) is 7.96. The van der Waals surface area contributed by atoms with Crippen LogP contribution in [0.4, 0.5) is 0 Å². The van der Waals surface area contributed by atoms with Crippen molar-refractivity contribution in [2.45, 2.75) is 11.8 Å². The quantitative estimate of drug-likeness (QED) is 0.676. The van der Waals surface area contributed by atoms with Gasteiger partial charge in [0.2, 0.25) is 10.0 Å². The monoisotopic (exact) mass is 316 g/mol. The normalized spacial score (nSPS) is 11.2. The molecule has 118 valence electrons. The van der Waals surface area contributed by atoms with Gasteiger partial charge in [-0.3, -0.25) is 4.79 Å². The Labute approximate surface area is 124 Å². The molecule has 1 aromatic carbocycles. The molecule has 0 bridgehead atoms. The molecule has 0 aliphatic heterocycles. The van der Waals surface area contributed by atoms with Crippen molar-refractivity contribution in [3.05, 3.63) is 23.8 Å². The Hall–Kier alpha value is -1.64.